The number of nitrogens with two attached hydrogens (primary N) is 1. The van der Waals surface area contributed by atoms with E-state index in [1.165, 1.54) is 18.2 Å². The molecule has 0 radical (unpaired) electrons. The van der Waals surface area contributed by atoms with Crippen molar-refractivity contribution in [3.8, 4) is 0 Å². The van der Waals surface area contributed by atoms with Gasteiger partial charge >= 0.3 is 5.97 Å². The number of nitrogens with zero attached hydrogens (tertiary/aromatic N) is 1. The molecule has 0 spiro atoms. The van der Waals surface area contributed by atoms with Crippen LogP contribution in [0.3, 0.4) is 0 Å². The van der Waals surface area contributed by atoms with Gasteiger partial charge in [0.1, 0.15) is 5.82 Å². The number of hydrogen-bond acceptors (Lipinski definition) is 3. The molecule has 0 atom stereocenters. The summed E-state index contributed by atoms with van der Waals surface area (Å²) in [5, 5.41) is 9.17. The van der Waals surface area contributed by atoms with E-state index < -0.39 is 5.97 Å². The molecule has 0 aromatic heterocycles. The number of carbonyl (C=O) groups is 1. The quantitative estimate of drug-likeness (QED) is 0.849. The molecule has 0 saturated heterocycles. The third-order valence-corrected chi connectivity index (χ3v) is 3.35. The number of aromatic carboxylic acids is 1. The zero-order valence-corrected chi connectivity index (χ0v) is 11.9. The summed E-state index contributed by atoms with van der Waals surface area (Å²) in [5.74, 6) is -1.35. The van der Waals surface area contributed by atoms with Gasteiger partial charge in [-0.25, -0.2) is 9.18 Å². The van der Waals surface area contributed by atoms with Gasteiger partial charge in [-0.3, -0.25) is 0 Å². The average Bonchev–Trinajstić information content (AvgIpc) is 2.41. The van der Waals surface area contributed by atoms with Crippen molar-refractivity contribution < 1.29 is 14.3 Å². The Balaban J connectivity index is 2.31. The molecule has 4 nitrogen and oxygen atoms in total. The number of halogens is 1. The Morgan fingerprint density at radius 3 is 2.67 bits per heavy atom. The van der Waals surface area contributed by atoms with Crippen LogP contribution in [0.1, 0.15) is 21.5 Å². The minimum atomic E-state index is -1.06. The molecule has 0 unspecified atom stereocenters. The molecular formula is C16H17FN2O2. The first-order chi connectivity index (χ1) is 9.88. The molecule has 2 aromatic carbocycles. The molecule has 0 aliphatic rings. The maximum atomic E-state index is 13.2. The van der Waals surface area contributed by atoms with Gasteiger partial charge in [-0.2, -0.15) is 0 Å². The van der Waals surface area contributed by atoms with Crippen LogP contribution in [-0.2, 0) is 6.54 Å². The van der Waals surface area contributed by atoms with E-state index in [1.54, 1.807) is 13.0 Å². The third kappa shape index (κ3) is 3.31. The van der Waals surface area contributed by atoms with Crippen molar-refractivity contribution in [3.05, 3.63) is 58.9 Å². The molecule has 110 valence electrons. The number of rotatable bonds is 4. The summed E-state index contributed by atoms with van der Waals surface area (Å²) in [6.45, 7) is 2.24. The number of benzene rings is 2. The van der Waals surface area contributed by atoms with Gasteiger partial charge in [0.25, 0.3) is 0 Å². The molecule has 3 N–H and O–H groups in total. The van der Waals surface area contributed by atoms with Crippen molar-refractivity contribution in [2.45, 2.75) is 13.5 Å². The molecule has 2 rings (SSSR count). The Kier molecular flexibility index (Phi) is 4.12. The normalized spacial score (nSPS) is 10.4. The number of nitrogen functional groups attached to an aromatic ring is 1. The van der Waals surface area contributed by atoms with Gasteiger partial charge in [-0.05, 0) is 42.3 Å². The molecule has 0 aliphatic heterocycles. The summed E-state index contributed by atoms with van der Waals surface area (Å²) in [7, 11) is 1.82. The van der Waals surface area contributed by atoms with Crippen molar-refractivity contribution in [2.75, 3.05) is 17.7 Å². The summed E-state index contributed by atoms with van der Waals surface area (Å²) in [6, 6.07) is 9.67. The molecule has 0 fully saturated rings. The largest absolute Gasteiger partial charge is 0.478 e. The molecule has 0 aliphatic carbocycles. The highest BCUT2D eigenvalue weighted by atomic mass is 19.1. The van der Waals surface area contributed by atoms with Crippen LogP contribution >= 0.6 is 0 Å². The van der Waals surface area contributed by atoms with Gasteiger partial charge in [-0.15, -0.1) is 0 Å². The van der Waals surface area contributed by atoms with Crippen LogP contribution in [0.25, 0.3) is 0 Å². The van der Waals surface area contributed by atoms with Crippen LogP contribution in [0.4, 0.5) is 15.8 Å². The highest BCUT2D eigenvalue weighted by molar-refractivity contribution is 5.95. The fourth-order valence-corrected chi connectivity index (χ4v) is 2.18. The van der Waals surface area contributed by atoms with E-state index in [1.807, 2.05) is 24.1 Å². The number of carboxylic acid groups (broad SMARTS) is 1. The highest BCUT2D eigenvalue weighted by Crippen LogP contribution is 2.26. The van der Waals surface area contributed by atoms with E-state index in [4.69, 9.17) is 5.73 Å². The van der Waals surface area contributed by atoms with Gasteiger partial charge in [0.15, 0.2) is 0 Å². The van der Waals surface area contributed by atoms with Crippen molar-refractivity contribution in [3.63, 3.8) is 0 Å². The van der Waals surface area contributed by atoms with Crippen molar-refractivity contribution in [2.24, 2.45) is 0 Å². The smallest absolute Gasteiger partial charge is 0.337 e. The van der Waals surface area contributed by atoms with Crippen molar-refractivity contribution in [1.29, 1.82) is 0 Å². The van der Waals surface area contributed by atoms with Crippen molar-refractivity contribution in [1.82, 2.24) is 0 Å². The lowest BCUT2D eigenvalue weighted by atomic mass is 10.1. The van der Waals surface area contributed by atoms with E-state index in [-0.39, 0.29) is 17.1 Å². The lowest BCUT2D eigenvalue weighted by Gasteiger charge is -2.21. The van der Waals surface area contributed by atoms with E-state index in [0.29, 0.717) is 12.1 Å². The topological polar surface area (TPSA) is 66.6 Å². The lowest BCUT2D eigenvalue weighted by molar-refractivity contribution is 0.0698. The molecule has 5 heteroatoms. The Morgan fingerprint density at radius 2 is 2.05 bits per heavy atom. The fraction of sp³-hybridized carbons (Fsp3) is 0.188. The minimum absolute atomic E-state index is 0.0797. The Labute approximate surface area is 122 Å². The molecule has 0 saturated carbocycles. The summed E-state index contributed by atoms with van der Waals surface area (Å²) in [4.78, 5) is 13.1. The summed E-state index contributed by atoms with van der Waals surface area (Å²) in [6.07, 6.45) is 0. The van der Waals surface area contributed by atoms with Crippen LogP contribution in [0, 0.1) is 12.7 Å². The lowest BCUT2D eigenvalue weighted by Crippen LogP contribution is -2.18. The molecule has 0 amide bonds. The predicted octanol–water partition coefficient (Wildman–Crippen LogP) is 3.05. The molecule has 0 heterocycles. The third-order valence-electron chi connectivity index (χ3n) is 3.35. The van der Waals surface area contributed by atoms with Crippen LogP contribution < -0.4 is 10.6 Å². The molecule has 2 aromatic rings. The number of anilines is 2. The number of carboxylic acids is 1. The zero-order valence-electron chi connectivity index (χ0n) is 11.9. The van der Waals surface area contributed by atoms with Gasteiger partial charge in [0.05, 0.1) is 5.56 Å². The predicted molar refractivity (Wildman–Crippen MR) is 81.1 cm³/mol. The van der Waals surface area contributed by atoms with Crippen LogP contribution in [-0.4, -0.2) is 18.1 Å². The standard InChI is InChI=1S/C16H17FN2O2/c1-10-6-13(8-14(15(10)18)16(20)21)19(2)9-11-4-3-5-12(17)7-11/h3-8H,9,18H2,1-2H3,(H,20,21). The molecule has 21 heavy (non-hydrogen) atoms. The second-order valence-electron chi connectivity index (χ2n) is 5.02. The highest BCUT2D eigenvalue weighted by Gasteiger charge is 2.14. The van der Waals surface area contributed by atoms with Gasteiger partial charge < -0.3 is 15.7 Å². The van der Waals surface area contributed by atoms with E-state index in [9.17, 15) is 14.3 Å². The second kappa shape index (κ2) is 5.83. The van der Waals surface area contributed by atoms with Crippen molar-refractivity contribution >= 4 is 17.3 Å². The van der Waals surface area contributed by atoms with Gasteiger partial charge in [0, 0.05) is 25.0 Å². The second-order valence-corrected chi connectivity index (χ2v) is 5.02. The van der Waals surface area contributed by atoms with Gasteiger partial charge in [-0.1, -0.05) is 12.1 Å². The summed E-state index contributed by atoms with van der Waals surface area (Å²) < 4.78 is 13.2. The first-order valence-electron chi connectivity index (χ1n) is 6.47. The van der Waals surface area contributed by atoms with E-state index >= 15 is 0 Å². The van der Waals surface area contributed by atoms with Crippen LogP contribution in [0.5, 0.6) is 0 Å². The minimum Gasteiger partial charge on any atom is -0.478 e. The van der Waals surface area contributed by atoms with E-state index in [2.05, 4.69) is 0 Å². The number of aryl methyl sites for hydroxylation is 1. The Morgan fingerprint density at radius 1 is 1.33 bits per heavy atom. The molecular weight excluding hydrogens is 271 g/mol. The maximum absolute atomic E-state index is 13.2. The van der Waals surface area contributed by atoms with Crippen LogP contribution in [0.2, 0.25) is 0 Å². The van der Waals surface area contributed by atoms with E-state index in [0.717, 1.165) is 11.3 Å². The van der Waals surface area contributed by atoms with Crippen LogP contribution in [0.15, 0.2) is 36.4 Å². The Bertz CT molecular complexity index is 686. The summed E-state index contributed by atoms with van der Waals surface area (Å²) in [5.41, 5.74) is 8.36. The number of hydrogen-bond donors (Lipinski definition) is 2. The SMILES string of the molecule is Cc1cc(N(C)Cc2cccc(F)c2)cc(C(=O)O)c1N. The zero-order chi connectivity index (χ0) is 15.6. The average molecular weight is 288 g/mol. The summed E-state index contributed by atoms with van der Waals surface area (Å²) >= 11 is 0. The maximum Gasteiger partial charge on any atom is 0.337 e. The monoisotopic (exact) mass is 288 g/mol. The molecule has 0 bridgehead atoms. The first kappa shape index (κ1) is 14.8. The fourth-order valence-electron chi connectivity index (χ4n) is 2.18. The first-order valence-corrected chi connectivity index (χ1v) is 6.47. The van der Waals surface area contributed by atoms with Gasteiger partial charge in [0.2, 0.25) is 0 Å². The Hall–Kier alpha value is -2.56.